The summed E-state index contributed by atoms with van der Waals surface area (Å²) in [6.07, 6.45) is 3.36. The minimum atomic E-state index is -0.486. The topological polar surface area (TPSA) is 55.7 Å². The van der Waals surface area contributed by atoms with Crippen LogP contribution in [0.15, 0.2) is 0 Å². The maximum Gasteiger partial charge on any atom is 0.0645 e. The van der Waals surface area contributed by atoms with Crippen LogP contribution in [0.2, 0.25) is 0 Å². The fraction of sp³-hybridized carbons (Fsp3) is 1.00. The Bertz CT molecular complexity index is 158. The lowest BCUT2D eigenvalue weighted by Gasteiger charge is -2.30. The molecule has 0 bridgehead atoms. The second kappa shape index (κ2) is 6.43. The minimum Gasteiger partial charge on any atom is -0.394 e. The van der Waals surface area contributed by atoms with Crippen molar-refractivity contribution in [1.82, 2.24) is 10.2 Å². The van der Waals surface area contributed by atoms with Gasteiger partial charge in [0.05, 0.1) is 18.8 Å². The van der Waals surface area contributed by atoms with Gasteiger partial charge in [-0.25, -0.2) is 0 Å². The maximum absolute atomic E-state index is 9.23. The van der Waals surface area contributed by atoms with E-state index in [1.807, 2.05) is 6.92 Å². The van der Waals surface area contributed by atoms with Crippen LogP contribution >= 0.6 is 0 Å². The summed E-state index contributed by atoms with van der Waals surface area (Å²) in [5, 5.41) is 21.7. The number of aliphatic hydroxyl groups excluding tert-OH is 2. The number of nitrogens with zero attached hydrogens (tertiary/aromatic N) is 1. The van der Waals surface area contributed by atoms with Crippen molar-refractivity contribution in [2.24, 2.45) is 0 Å². The second-order valence-corrected chi connectivity index (χ2v) is 4.43. The summed E-state index contributed by atoms with van der Waals surface area (Å²) < 4.78 is 0. The molecule has 0 aromatic carbocycles. The van der Waals surface area contributed by atoms with Crippen molar-refractivity contribution in [2.45, 2.75) is 31.7 Å². The Hall–Kier alpha value is -0.160. The van der Waals surface area contributed by atoms with Crippen LogP contribution in [0.1, 0.15) is 26.2 Å². The van der Waals surface area contributed by atoms with Crippen molar-refractivity contribution in [3.8, 4) is 0 Å². The largest absolute Gasteiger partial charge is 0.394 e. The molecule has 0 aromatic heterocycles. The summed E-state index contributed by atoms with van der Waals surface area (Å²) >= 11 is 0. The summed E-state index contributed by atoms with van der Waals surface area (Å²) in [6, 6.07) is 0. The van der Waals surface area contributed by atoms with Crippen LogP contribution in [-0.4, -0.2) is 60.0 Å². The van der Waals surface area contributed by atoms with Crippen molar-refractivity contribution in [3.63, 3.8) is 0 Å². The summed E-state index contributed by atoms with van der Waals surface area (Å²) in [4.78, 5) is 2.42. The molecule has 90 valence electrons. The fourth-order valence-electron chi connectivity index (χ4n) is 2.00. The van der Waals surface area contributed by atoms with E-state index in [-0.39, 0.29) is 13.2 Å². The number of hydrogen-bond acceptors (Lipinski definition) is 4. The van der Waals surface area contributed by atoms with Gasteiger partial charge in [-0.3, -0.25) is 0 Å². The quantitative estimate of drug-likeness (QED) is 0.552. The molecule has 1 aliphatic heterocycles. The molecule has 1 aliphatic rings. The lowest BCUT2D eigenvalue weighted by atomic mass is 9.98. The Kier molecular flexibility index (Phi) is 5.53. The van der Waals surface area contributed by atoms with Crippen LogP contribution in [0.4, 0.5) is 0 Å². The molecule has 0 radical (unpaired) electrons. The highest BCUT2D eigenvalue weighted by Gasteiger charge is 2.25. The minimum absolute atomic E-state index is 0. The predicted molar refractivity (Wildman–Crippen MR) is 60.9 cm³/mol. The monoisotopic (exact) mass is 216 g/mol. The van der Waals surface area contributed by atoms with Crippen LogP contribution in [0, 0.1) is 0 Å². The Labute approximate surface area is 92.3 Å². The van der Waals surface area contributed by atoms with Gasteiger partial charge in [0, 0.05) is 13.1 Å². The number of nitrogens with one attached hydrogen (secondary N) is 1. The molecule has 0 saturated carbocycles. The highest BCUT2D eigenvalue weighted by molar-refractivity contribution is 4.85. The van der Waals surface area contributed by atoms with E-state index in [9.17, 15) is 10.2 Å². The number of rotatable bonds is 7. The SMILES string of the molecule is CCC(CO)(CO)NCCN1CCCC1. The van der Waals surface area contributed by atoms with E-state index >= 15 is 0 Å². The first kappa shape index (κ1) is 12.9. The molecule has 1 fully saturated rings. The Morgan fingerprint density at radius 2 is 1.80 bits per heavy atom. The van der Waals surface area contributed by atoms with E-state index in [4.69, 9.17) is 0 Å². The van der Waals surface area contributed by atoms with Gasteiger partial charge in [0.1, 0.15) is 0 Å². The number of likely N-dealkylation sites (tertiary alicyclic amines) is 1. The first-order chi connectivity index (χ1) is 7.26. The van der Waals surface area contributed by atoms with Crippen molar-refractivity contribution in [2.75, 3.05) is 39.4 Å². The van der Waals surface area contributed by atoms with Gasteiger partial charge < -0.3 is 20.4 Å². The molecule has 0 atom stereocenters. The summed E-state index contributed by atoms with van der Waals surface area (Å²) in [6.45, 7) is 6.23. The molecule has 1 rings (SSSR count). The van der Waals surface area contributed by atoms with E-state index in [0.717, 1.165) is 19.5 Å². The van der Waals surface area contributed by atoms with Crippen LogP contribution in [0.25, 0.3) is 0 Å². The van der Waals surface area contributed by atoms with Gasteiger partial charge in [0.2, 0.25) is 0 Å². The highest BCUT2D eigenvalue weighted by Crippen LogP contribution is 2.09. The smallest absolute Gasteiger partial charge is 0.0645 e. The summed E-state index contributed by atoms with van der Waals surface area (Å²) in [7, 11) is 0. The zero-order valence-corrected chi connectivity index (χ0v) is 9.71. The van der Waals surface area contributed by atoms with Crippen LogP contribution in [0.5, 0.6) is 0 Å². The van der Waals surface area contributed by atoms with E-state index < -0.39 is 5.54 Å². The van der Waals surface area contributed by atoms with Crippen LogP contribution in [-0.2, 0) is 0 Å². The molecule has 15 heavy (non-hydrogen) atoms. The average molecular weight is 216 g/mol. The molecule has 0 spiro atoms. The van der Waals surface area contributed by atoms with E-state index in [1.54, 1.807) is 0 Å². The van der Waals surface area contributed by atoms with E-state index in [2.05, 4.69) is 10.2 Å². The third-order valence-corrected chi connectivity index (χ3v) is 3.41. The van der Waals surface area contributed by atoms with Gasteiger partial charge in [-0.05, 0) is 32.4 Å². The predicted octanol–water partition coefficient (Wildman–Crippen LogP) is -0.195. The van der Waals surface area contributed by atoms with Crippen molar-refractivity contribution in [3.05, 3.63) is 0 Å². The molecule has 4 heteroatoms. The molecule has 4 nitrogen and oxygen atoms in total. The van der Waals surface area contributed by atoms with Crippen LogP contribution in [0.3, 0.4) is 0 Å². The lowest BCUT2D eigenvalue weighted by Crippen LogP contribution is -2.53. The van der Waals surface area contributed by atoms with Gasteiger partial charge in [-0.2, -0.15) is 0 Å². The molecule has 1 heterocycles. The van der Waals surface area contributed by atoms with Crippen molar-refractivity contribution >= 4 is 0 Å². The third kappa shape index (κ3) is 3.72. The Morgan fingerprint density at radius 1 is 1.20 bits per heavy atom. The Balaban J connectivity index is 2.21. The highest BCUT2D eigenvalue weighted by atomic mass is 16.3. The Morgan fingerprint density at radius 3 is 2.27 bits per heavy atom. The molecule has 0 unspecified atom stereocenters. The molecule has 0 aliphatic carbocycles. The summed E-state index contributed by atoms with van der Waals surface area (Å²) in [5.74, 6) is 0. The normalized spacial score (nSPS) is 18.6. The molecular formula is C11H24N2O2. The van der Waals surface area contributed by atoms with Gasteiger partial charge in [0.25, 0.3) is 0 Å². The van der Waals surface area contributed by atoms with Crippen LogP contribution < -0.4 is 5.32 Å². The summed E-state index contributed by atoms with van der Waals surface area (Å²) in [5.41, 5.74) is -0.486. The number of aliphatic hydroxyl groups is 2. The number of hydrogen-bond donors (Lipinski definition) is 3. The molecule has 0 amide bonds. The molecule has 0 aromatic rings. The maximum atomic E-state index is 9.23. The van der Waals surface area contributed by atoms with E-state index in [0.29, 0.717) is 0 Å². The standard InChI is InChI=1S/C11H24N2O2/c1-2-11(9-14,10-15)12-5-8-13-6-3-4-7-13/h12,14-15H,2-10H2,1H3. The zero-order valence-electron chi connectivity index (χ0n) is 9.71. The van der Waals surface area contributed by atoms with Crippen molar-refractivity contribution in [1.29, 1.82) is 0 Å². The second-order valence-electron chi connectivity index (χ2n) is 4.43. The van der Waals surface area contributed by atoms with Gasteiger partial charge >= 0.3 is 0 Å². The first-order valence-corrected chi connectivity index (χ1v) is 5.95. The average Bonchev–Trinajstić information content (AvgIpc) is 2.78. The molecular weight excluding hydrogens is 192 g/mol. The van der Waals surface area contributed by atoms with Gasteiger partial charge in [-0.15, -0.1) is 0 Å². The van der Waals surface area contributed by atoms with Gasteiger partial charge in [-0.1, -0.05) is 6.92 Å². The van der Waals surface area contributed by atoms with Gasteiger partial charge in [0.15, 0.2) is 0 Å². The lowest BCUT2D eigenvalue weighted by molar-refractivity contribution is 0.0857. The third-order valence-electron chi connectivity index (χ3n) is 3.41. The van der Waals surface area contributed by atoms with E-state index in [1.165, 1.54) is 25.9 Å². The molecule has 3 N–H and O–H groups in total. The molecule has 1 saturated heterocycles. The first-order valence-electron chi connectivity index (χ1n) is 5.95. The zero-order chi connectivity index (χ0) is 11.1. The fourth-order valence-corrected chi connectivity index (χ4v) is 2.00. The van der Waals surface area contributed by atoms with Crippen molar-refractivity contribution < 1.29 is 10.2 Å².